The molecule has 82 valence electrons. The van der Waals surface area contributed by atoms with Crippen LogP contribution in [0.3, 0.4) is 0 Å². The van der Waals surface area contributed by atoms with E-state index in [0.717, 1.165) is 18.4 Å². The summed E-state index contributed by atoms with van der Waals surface area (Å²) in [6.45, 7) is 2.01. The number of rotatable bonds is 3. The van der Waals surface area contributed by atoms with E-state index < -0.39 is 0 Å². The molecule has 1 fully saturated rings. The van der Waals surface area contributed by atoms with Crippen molar-refractivity contribution in [1.29, 1.82) is 0 Å². The van der Waals surface area contributed by atoms with Crippen molar-refractivity contribution >= 4 is 17.3 Å². The average molecular weight is 225 g/mol. The number of hydrogen-bond acceptors (Lipinski definition) is 4. The zero-order valence-corrected chi connectivity index (χ0v) is 9.76. The topological polar surface area (TPSA) is 52.3 Å². The van der Waals surface area contributed by atoms with Gasteiger partial charge < -0.3 is 10.5 Å². The quantitative estimate of drug-likeness (QED) is 0.799. The smallest absolute Gasteiger partial charge is 0.348 e. The van der Waals surface area contributed by atoms with Crippen LogP contribution < -0.4 is 5.73 Å². The molecule has 2 rings (SSSR count). The maximum Gasteiger partial charge on any atom is 0.348 e. The number of esters is 1. The summed E-state index contributed by atoms with van der Waals surface area (Å²) in [6, 6.07) is 2.10. The molecule has 1 unspecified atom stereocenters. The second kappa shape index (κ2) is 3.61. The van der Waals surface area contributed by atoms with Gasteiger partial charge in [-0.05, 0) is 36.8 Å². The highest BCUT2D eigenvalue weighted by Gasteiger charge is 2.49. The van der Waals surface area contributed by atoms with Crippen molar-refractivity contribution in [3.63, 3.8) is 0 Å². The Balaban J connectivity index is 2.37. The molecule has 0 saturated heterocycles. The van der Waals surface area contributed by atoms with Gasteiger partial charge in [0.1, 0.15) is 4.88 Å². The number of carbonyl (C=O) groups excluding carboxylic acids is 1. The molecule has 1 aromatic heterocycles. The molecule has 3 nitrogen and oxygen atoms in total. The number of thiophene rings is 1. The molecular formula is C11H15NO2S. The molecule has 2 N–H and O–H groups in total. The Morgan fingerprint density at radius 2 is 2.33 bits per heavy atom. The van der Waals surface area contributed by atoms with Crippen LogP contribution in [0.5, 0.6) is 0 Å². The number of nitrogens with two attached hydrogens (primary N) is 1. The van der Waals surface area contributed by atoms with Gasteiger partial charge in [0, 0.05) is 11.5 Å². The molecule has 15 heavy (non-hydrogen) atoms. The van der Waals surface area contributed by atoms with Crippen LogP contribution in [0.15, 0.2) is 11.4 Å². The van der Waals surface area contributed by atoms with Crippen LogP contribution >= 0.6 is 11.3 Å². The minimum Gasteiger partial charge on any atom is -0.465 e. The third kappa shape index (κ3) is 1.58. The Morgan fingerprint density at radius 3 is 2.80 bits per heavy atom. The molecule has 1 aromatic rings. The van der Waals surface area contributed by atoms with Gasteiger partial charge in [-0.25, -0.2) is 4.79 Å². The van der Waals surface area contributed by atoms with Crippen molar-refractivity contribution in [3.05, 3.63) is 21.9 Å². The van der Waals surface area contributed by atoms with Crippen LogP contribution in [-0.4, -0.2) is 19.1 Å². The van der Waals surface area contributed by atoms with Gasteiger partial charge >= 0.3 is 5.97 Å². The van der Waals surface area contributed by atoms with Crippen molar-refractivity contribution in [1.82, 2.24) is 0 Å². The molecule has 0 radical (unpaired) electrons. The third-order valence-electron chi connectivity index (χ3n) is 3.23. The summed E-state index contributed by atoms with van der Waals surface area (Å²) in [5.41, 5.74) is 7.10. The van der Waals surface area contributed by atoms with Gasteiger partial charge in [-0.2, -0.15) is 0 Å². The lowest BCUT2D eigenvalue weighted by molar-refractivity contribution is 0.0604. The number of ether oxygens (including phenoxy) is 1. The van der Waals surface area contributed by atoms with E-state index in [1.807, 2.05) is 18.4 Å². The van der Waals surface area contributed by atoms with E-state index in [1.165, 1.54) is 18.4 Å². The molecule has 1 heterocycles. The molecule has 0 bridgehead atoms. The molecule has 0 spiro atoms. The summed E-state index contributed by atoms with van der Waals surface area (Å²) in [7, 11) is 1.41. The molecular weight excluding hydrogens is 210 g/mol. The number of hydrogen-bond donors (Lipinski definition) is 1. The highest BCUT2D eigenvalue weighted by molar-refractivity contribution is 7.12. The molecule has 0 amide bonds. The van der Waals surface area contributed by atoms with Crippen LogP contribution in [0.1, 0.15) is 35.0 Å². The second-order valence-corrected chi connectivity index (χ2v) is 5.02. The van der Waals surface area contributed by atoms with Gasteiger partial charge in [0.15, 0.2) is 0 Å². The summed E-state index contributed by atoms with van der Waals surface area (Å²) in [6.07, 6.45) is 2.15. The van der Waals surface area contributed by atoms with E-state index in [9.17, 15) is 4.79 Å². The molecule has 1 aliphatic carbocycles. The largest absolute Gasteiger partial charge is 0.465 e. The van der Waals surface area contributed by atoms with Crippen LogP contribution in [0.25, 0.3) is 0 Å². The highest BCUT2D eigenvalue weighted by atomic mass is 32.1. The van der Waals surface area contributed by atoms with Crippen LogP contribution in [0.4, 0.5) is 0 Å². The first-order valence-electron chi connectivity index (χ1n) is 5.03. The minimum atomic E-state index is -0.244. The van der Waals surface area contributed by atoms with Crippen LogP contribution in [0, 0.1) is 0 Å². The predicted molar refractivity (Wildman–Crippen MR) is 60.2 cm³/mol. The maximum atomic E-state index is 11.5. The van der Waals surface area contributed by atoms with Crippen molar-refractivity contribution < 1.29 is 9.53 Å². The maximum absolute atomic E-state index is 11.5. The summed E-state index contributed by atoms with van der Waals surface area (Å²) < 4.78 is 4.77. The molecule has 4 heteroatoms. The van der Waals surface area contributed by atoms with Gasteiger partial charge in [0.05, 0.1) is 7.11 Å². The van der Waals surface area contributed by atoms with Gasteiger partial charge in [0.2, 0.25) is 0 Å². The average Bonchev–Trinajstić information content (AvgIpc) is 2.89. The molecule has 1 aliphatic rings. The first-order chi connectivity index (χ1) is 7.12. The Hall–Kier alpha value is -0.870. The second-order valence-electron chi connectivity index (χ2n) is 4.10. The first kappa shape index (κ1) is 10.6. The summed E-state index contributed by atoms with van der Waals surface area (Å²) in [5.74, 6) is -0.244. The number of methoxy groups -OCH3 is 1. The zero-order valence-electron chi connectivity index (χ0n) is 8.95. The number of carbonyl (C=O) groups is 1. The highest BCUT2D eigenvalue weighted by Crippen LogP contribution is 2.52. The van der Waals surface area contributed by atoms with Gasteiger partial charge in [-0.1, -0.05) is 0 Å². The fraction of sp³-hybridized carbons (Fsp3) is 0.545. The monoisotopic (exact) mass is 225 g/mol. The Bertz CT molecular complexity index is 380. The summed E-state index contributed by atoms with van der Waals surface area (Å²) >= 11 is 1.44. The fourth-order valence-electron chi connectivity index (χ4n) is 2.06. The fourth-order valence-corrected chi connectivity index (χ4v) is 2.97. The van der Waals surface area contributed by atoms with E-state index in [4.69, 9.17) is 10.5 Å². The third-order valence-corrected chi connectivity index (χ3v) is 4.13. The predicted octanol–water partition coefficient (Wildman–Crippen LogP) is 1.91. The van der Waals surface area contributed by atoms with Crippen LogP contribution in [-0.2, 0) is 10.2 Å². The summed E-state index contributed by atoms with van der Waals surface area (Å²) in [4.78, 5) is 12.3. The Kier molecular flexibility index (Phi) is 2.56. The first-order valence-corrected chi connectivity index (χ1v) is 5.91. The van der Waals surface area contributed by atoms with E-state index in [2.05, 4.69) is 0 Å². The lowest BCUT2D eigenvalue weighted by Crippen LogP contribution is -2.32. The lowest BCUT2D eigenvalue weighted by Gasteiger charge is -2.19. The van der Waals surface area contributed by atoms with Gasteiger partial charge in [-0.15, -0.1) is 11.3 Å². The van der Waals surface area contributed by atoms with Crippen molar-refractivity contribution in [2.24, 2.45) is 5.73 Å². The van der Waals surface area contributed by atoms with E-state index in [0.29, 0.717) is 4.88 Å². The lowest BCUT2D eigenvalue weighted by atomic mass is 9.90. The van der Waals surface area contributed by atoms with Crippen molar-refractivity contribution in [2.75, 3.05) is 7.11 Å². The van der Waals surface area contributed by atoms with E-state index in [1.54, 1.807) is 0 Å². The van der Waals surface area contributed by atoms with E-state index in [-0.39, 0.29) is 17.4 Å². The van der Waals surface area contributed by atoms with Crippen molar-refractivity contribution in [2.45, 2.75) is 31.2 Å². The van der Waals surface area contributed by atoms with Crippen molar-refractivity contribution in [3.8, 4) is 0 Å². The Labute approximate surface area is 93.2 Å². The van der Waals surface area contributed by atoms with Gasteiger partial charge in [0.25, 0.3) is 0 Å². The zero-order chi connectivity index (χ0) is 11.1. The van der Waals surface area contributed by atoms with E-state index >= 15 is 0 Å². The molecule has 1 saturated carbocycles. The normalized spacial score (nSPS) is 19.7. The molecule has 0 aliphatic heterocycles. The van der Waals surface area contributed by atoms with Crippen LogP contribution in [0.2, 0.25) is 0 Å². The minimum absolute atomic E-state index is 0.0313. The summed E-state index contributed by atoms with van der Waals surface area (Å²) in [5, 5.41) is 1.93. The molecule has 0 aromatic carbocycles. The van der Waals surface area contributed by atoms with Gasteiger partial charge in [-0.3, -0.25) is 0 Å². The Morgan fingerprint density at radius 1 is 1.67 bits per heavy atom. The SMILES string of the molecule is COC(=O)c1sccc1C1(C(C)N)CC1. The standard InChI is InChI=1S/C11H15NO2S/c1-7(12)11(4-5-11)8-3-6-15-9(8)10(13)14-2/h3,6-7H,4-5,12H2,1-2H3. The molecule has 1 atom stereocenters.